The fraction of sp³-hybridized carbons (Fsp3) is 0.474. The highest BCUT2D eigenvalue weighted by molar-refractivity contribution is 5.73. The lowest BCUT2D eigenvalue weighted by atomic mass is 10.1. The zero-order valence-electron chi connectivity index (χ0n) is 14.4. The van der Waals surface area contributed by atoms with Gasteiger partial charge in [-0.25, -0.2) is 9.78 Å². The van der Waals surface area contributed by atoms with Crippen LogP contribution in [0.5, 0.6) is 0 Å². The molecule has 5 nitrogen and oxygen atoms in total. The minimum Gasteiger partial charge on any atom is -0.338 e. The maximum absolute atomic E-state index is 12.0. The molecule has 24 heavy (non-hydrogen) atoms. The summed E-state index contributed by atoms with van der Waals surface area (Å²) in [5.41, 5.74) is 1.38. The normalized spacial score (nSPS) is 19.3. The van der Waals surface area contributed by atoms with Gasteiger partial charge in [0, 0.05) is 25.5 Å². The zero-order chi connectivity index (χ0) is 16.9. The van der Waals surface area contributed by atoms with Crippen LogP contribution in [0.15, 0.2) is 42.7 Å². The van der Waals surface area contributed by atoms with E-state index in [2.05, 4.69) is 58.3 Å². The molecule has 2 amide bonds. The summed E-state index contributed by atoms with van der Waals surface area (Å²) in [5, 5.41) is 5.88. The number of hydrogen-bond donors (Lipinski definition) is 2. The molecule has 1 aliphatic carbocycles. The van der Waals surface area contributed by atoms with E-state index in [4.69, 9.17) is 0 Å². The molecule has 2 N–H and O–H groups in total. The molecule has 3 rings (SSSR count). The monoisotopic (exact) mass is 326 g/mol. The predicted octanol–water partition coefficient (Wildman–Crippen LogP) is 3.14. The molecular weight excluding hydrogens is 300 g/mol. The molecule has 1 fully saturated rings. The van der Waals surface area contributed by atoms with E-state index in [1.165, 1.54) is 5.56 Å². The second kappa shape index (κ2) is 7.51. The lowest BCUT2D eigenvalue weighted by Crippen LogP contribution is -2.37. The van der Waals surface area contributed by atoms with Crippen molar-refractivity contribution in [2.24, 2.45) is 11.8 Å². The van der Waals surface area contributed by atoms with Gasteiger partial charge in [0.25, 0.3) is 0 Å². The molecule has 1 aromatic carbocycles. The minimum absolute atomic E-state index is 0.118. The fourth-order valence-electron chi connectivity index (χ4n) is 3.09. The molecule has 0 unspecified atom stereocenters. The summed E-state index contributed by atoms with van der Waals surface area (Å²) in [6, 6.07) is 10.4. The van der Waals surface area contributed by atoms with Crippen molar-refractivity contribution in [2.75, 3.05) is 6.54 Å². The number of benzene rings is 1. The van der Waals surface area contributed by atoms with Crippen LogP contribution in [-0.2, 0) is 13.1 Å². The molecule has 1 aliphatic rings. The van der Waals surface area contributed by atoms with E-state index < -0.39 is 0 Å². The Kier molecular flexibility index (Phi) is 5.18. The third-order valence-electron chi connectivity index (χ3n) is 4.45. The van der Waals surface area contributed by atoms with Gasteiger partial charge in [0.2, 0.25) is 0 Å². The quantitative estimate of drug-likeness (QED) is 0.821. The van der Waals surface area contributed by atoms with Crippen LogP contribution in [0.25, 0.3) is 0 Å². The number of amides is 2. The number of rotatable bonds is 7. The average Bonchev–Trinajstić information content (AvgIpc) is 3.23. The van der Waals surface area contributed by atoms with Crippen LogP contribution in [0.4, 0.5) is 4.79 Å². The van der Waals surface area contributed by atoms with Gasteiger partial charge in [-0.15, -0.1) is 0 Å². The summed E-state index contributed by atoms with van der Waals surface area (Å²) in [6.45, 7) is 6.44. The van der Waals surface area contributed by atoms with Crippen LogP contribution >= 0.6 is 0 Å². The first kappa shape index (κ1) is 16.6. The maximum Gasteiger partial charge on any atom is 0.315 e. The number of nitrogens with one attached hydrogen (secondary N) is 2. The van der Waals surface area contributed by atoms with Crippen molar-refractivity contribution >= 4 is 6.03 Å². The van der Waals surface area contributed by atoms with Gasteiger partial charge in [-0.1, -0.05) is 44.2 Å². The number of nitrogens with zero attached hydrogens (tertiary/aromatic N) is 2. The predicted molar refractivity (Wildman–Crippen MR) is 94.6 cm³/mol. The second-order valence-corrected chi connectivity index (χ2v) is 6.97. The van der Waals surface area contributed by atoms with E-state index in [0.717, 1.165) is 25.3 Å². The van der Waals surface area contributed by atoms with Crippen molar-refractivity contribution in [3.8, 4) is 0 Å². The number of carbonyl (C=O) groups excluding carboxylic acids is 1. The molecule has 0 bridgehead atoms. The van der Waals surface area contributed by atoms with Gasteiger partial charge in [-0.3, -0.25) is 0 Å². The molecule has 1 heterocycles. The summed E-state index contributed by atoms with van der Waals surface area (Å²) in [7, 11) is 0. The summed E-state index contributed by atoms with van der Waals surface area (Å²) < 4.78 is 2.09. The van der Waals surface area contributed by atoms with Gasteiger partial charge in [-0.05, 0) is 29.7 Å². The highest BCUT2D eigenvalue weighted by atomic mass is 16.2. The molecule has 2 aromatic rings. The lowest BCUT2D eigenvalue weighted by Gasteiger charge is -2.11. The van der Waals surface area contributed by atoms with E-state index >= 15 is 0 Å². The van der Waals surface area contributed by atoms with Crippen LogP contribution in [-0.4, -0.2) is 22.1 Å². The SMILES string of the molecule is CC(C)Cn1ccnc1CNC(=O)NC[C@@H]1C[C@@H]1c1ccccc1. The molecule has 128 valence electrons. The maximum atomic E-state index is 12.0. The molecule has 0 aliphatic heterocycles. The summed E-state index contributed by atoms with van der Waals surface area (Å²) in [4.78, 5) is 16.3. The van der Waals surface area contributed by atoms with Gasteiger partial charge < -0.3 is 15.2 Å². The first-order chi connectivity index (χ1) is 11.6. The molecule has 5 heteroatoms. The average molecular weight is 326 g/mol. The van der Waals surface area contributed by atoms with Crippen LogP contribution in [0.1, 0.15) is 37.6 Å². The van der Waals surface area contributed by atoms with E-state index in [0.29, 0.717) is 24.3 Å². The van der Waals surface area contributed by atoms with Crippen molar-refractivity contribution in [2.45, 2.75) is 39.3 Å². The third kappa shape index (κ3) is 4.37. The topological polar surface area (TPSA) is 59.0 Å². The summed E-state index contributed by atoms with van der Waals surface area (Å²) in [6.07, 6.45) is 4.90. The molecule has 2 atom stereocenters. The number of aromatic nitrogens is 2. The van der Waals surface area contributed by atoms with Crippen LogP contribution in [0, 0.1) is 11.8 Å². The van der Waals surface area contributed by atoms with Crippen LogP contribution < -0.4 is 10.6 Å². The van der Waals surface area contributed by atoms with Crippen LogP contribution in [0.3, 0.4) is 0 Å². The number of urea groups is 1. The Morgan fingerprint density at radius 3 is 2.83 bits per heavy atom. The molecule has 0 radical (unpaired) electrons. The molecule has 0 saturated heterocycles. The van der Waals surface area contributed by atoms with Gasteiger partial charge in [0.05, 0.1) is 6.54 Å². The third-order valence-corrected chi connectivity index (χ3v) is 4.45. The molecule has 1 aromatic heterocycles. The summed E-state index contributed by atoms with van der Waals surface area (Å²) in [5.74, 6) is 2.60. The van der Waals surface area contributed by atoms with E-state index in [1.807, 2.05) is 12.3 Å². The molecule has 1 saturated carbocycles. The van der Waals surface area contributed by atoms with Gasteiger partial charge in [-0.2, -0.15) is 0 Å². The fourth-order valence-corrected chi connectivity index (χ4v) is 3.09. The standard InChI is InChI=1S/C19H26N4O/c1-14(2)13-23-9-8-20-18(23)12-22-19(24)21-11-16-10-17(16)15-6-4-3-5-7-15/h3-9,14,16-17H,10-13H2,1-2H3,(H2,21,22,24)/t16-,17+/m0/s1. The zero-order valence-corrected chi connectivity index (χ0v) is 14.4. The molecule has 0 spiro atoms. The Morgan fingerprint density at radius 1 is 1.29 bits per heavy atom. The van der Waals surface area contributed by atoms with E-state index in [1.54, 1.807) is 6.20 Å². The number of hydrogen-bond acceptors (Lipinski definition) is 2. The minimum atomic E-state index is -0.118. The smallest absolute Gasteiger partial charge is 0.315 e. The van der Waals surface area contributed by atoms with Crippen LogP contribution in [0.2, 0.25) is 0 Å². The highest BCUT2D eigenvalue weighted by Gasteiger charge is 2.37. The lowest BCUT2D eigenvalue weighted by molar-refractivity contribution is 0.239. The largest absolute Gasteiger partial charge is 0.338 e. The Morgan fingerprint density at radius 2 is 2.08 bits per heavy atom. The van der Waals surface area contributed by atoms with Crippen molar-refractivity contribution in [3.63, 3.8) is 0 Å². The van der Waals surface area contributed by atoms with Gasteiger partial charge in [0.15, 0.2) is 0 Å². The van der Waals surface area contributed by atoms with Crippen molar-refractivity contribution in [1.82, 2.24) is 20.2 Å². The van der Waals surface area contributed by atoms with Crippen molar-refractivity contribution in [1.29, 1.82) is 0 Å². The van der Waals surface area contributed by atoms with Gasteiger partial charge in [0.1, 0.15) is 5.82 Å². The Labute approximate surface area is 143 Å². The molecular formula is C19H26N4O. The van der Waals surface area contributed by atoms with Crippen molar-refractivity contribution < 1.29 is 4.79 Å². The van der Waals surface area contributed by atoms with E-state index in [-0.39, 0.29) is 6.03 Å². The van der Waals surface area contributed by atoms with Crippen molar-refractivity contribution in [3.05, 3.63) is 54.1 Å². The Bertz CT molecular complexity index is 665. The Balaban J connectivity index is 1.39. The first-order valence-corrected chi connectivity index (χ1v) is 8.70. The first-order valence-electron chi connectivity index (χ1n) is 8.70. The van der Waals surface area contributed by atoms with Gasteiger partial charge >= 0.3 is 6.03 Å². The second-order valence-electron chi connectivity index (χ2n) is 6.97. The highest BCUT2D eigenvalue weighted by Crippen LogP contribution is 2.46. The number of imidazole rings is 1. The van der Waals surface area contributed by atoms with E-state index in [9.17, 15) is 4.79 Å². The summed E-state index contributed by atoms with van der Waals surface area (Å²) >= 11 is 0. The number of carbonyl (C=O) groups is 1. The Hall–Kier alpha value is -2.30.